The van der Waals surface area contributed by atoms with Crippen LogP contribution in [0.2, 0.25) is 0 Å². The van der Waals surface area contributed by atoms with Crippen molar-refractivity contribution in [1.82, 2.24) is 15.1 Å². The van der Waals surface area contributed by atoms with Crippen LogP contribution >= 0.6 is 0 Å². The molecule has 132 valence electrons. The minimum atomic E-state index is -0.842. The van der Waals surface area contributed by atoms with Crippen molar-refractivity contribution < 1.29 is 14.7 Å². The number of carboxylic acids is 1. The monoisotopic (exact) mass is 341 g/mol. The lowest BCUT2D eigenvalue weighted by Crippen LogP contribution is -2.49. The van der Waals surface area contributed by atoms with Crippen LogP contribution in [0.15, 0.2) is 24.3 Å². The Balaban J connectivity index is 1.84. The molecule has 1 aromatic carbocycles. The topological polar surface area (TPSA) is 86.3 Å². The Morgan fingerprint density at radius 2 is 2.04 bits per heavy atom. The van der Waals surface area contributed by atoms with Gasteiger partial charge in [-0.1, -0.05) is 23.8 Å². The first-order chi connectivity index (χ1) is 11.9. The number of likely N-dealkylation sites (tertiary alicyclic amines) is 1. The summed E-state index contributed by atoms with van der Waals surface area (Å²) in [6.45, 7) is 6.43. The lowest BCUT2D eigenvalue weighted by Gasteiger charge is -2.37. The second-order valence-electron chi connectivity index (χ2n) is 6.81. The fourth-order valence-electron chi connectivity index (χ4n) is 3.58. The highest BCUT2D eigenvalue weighted by atomic mass is 16.4. The summed E-state index contributed by atoms with van der Waals surface area (Å²) >= 11 is 0. The average Bonchev–Trinajstić information content (AvgIpc) is 3.04. The molecule has 2 heterocycles. The Labute approximate surface area is 146 Å². The minimum Gasteiger partial charge on any atom is -0.481 e. The number of aryl methyl sites for hydroxylation is 2. The highest BCUT2D eigenvalue weighted by Crippen LogP contribution is 2.27. The fourth-order valence-corrected chi connectivity index (χ4v) is 3.58. The zero-order valence-corrected chi connectivity index (χ0v) is 14.7. The molecule has 1 amide bonds. The van der Waals surface area contributed by atoms with Gasteiger partial charge in [-0.3, -0.25) is 14.7 Å². The van der Waals surface area contributed by atoms with Crippen molar-refractivity contribution in [3.63, 3.8) is 0 Å². The number of benzene rings is 1. The number of hydrogen-bond donors (Lipinski definition) is 2. The average molecular weight is 341 g/mol. The Morgan fingerprint density at radius 3 is 2.72 bits per heavy atom. The summed E-state index contributed by atoms with van der Waals surface area (Å²) in [4.78, 5) is 25.8. The van der Waals surface area contributed by atoms with Gasteiger partial charge in [-0.2, -0.15) is 5.10 Å². The molecule has 1 aromatic heterocycles. The van der Waals surface area contributed by atoms with Crippen LogP contribution in [0.3, 0.4) is 0 Å². The zero-order valence-electron chi connectivity index (χ0n) is 14.7. The van der Waals surface area contributed by atoms with Crippen LogP contribution in [0.5, 0.6) is 0 Å². The number of rotatable bonds is 3. The molecule has 2 atom stereocenters. The summed E-state index contributed by atoms with van der Waals surface area (Å²) in [5, 5.41) is 16.4. The summed E-state index contributed by atoms with van der Waals surface area (Å²) in [6.07, 6.45) is 1.31. The molecule has 0 aliphatic carbocycles. The maximum absolute atomic E-state index is 12.8. The number of aliphatic carboxylic acids is 1. The number of aromatic amines is 1. The van der Waals surface area contributed by atoms with E-state index in [9.17, 15) is 14.7 Å². The first kappa shape index (κ1) is 17.2. The van der Waals surface area contributed by atoms with Crippen LogP contribution in [0.25, 0.3) is 11.3 Å². The van der Waals surface area contributed by atoms with Gasteiger partial charge in [0.2, 0.25) is 0 Å². The molecule has 1 aliphatic heterocycles. The van der Waals surface area contributed by atoms with E-state index in [1.54, 1.807) is 17.9 Å². The van der Waals surface area contributed by atoms with Gasteiger partial charge in [0, 0.05) is 18.2 Å². The molecular formula is C19H23N3O3. The second kappa shape index (κ2) is 6.70. The molecule has 6 nitrogen and oxygen atoms in total. The molecule has 0 bridgehead atoms. The van der Waals surface area contributed by atoms with Crippen LogP contribution in [-0.4, -0.2) is 44.7 Å². The van der Waals surface area contributed by atoms with Crippen molar-refractivity contribution in [3.8, 4) is 11.3 Å². The Morgan fingerprint density at radius 1 is 1.28 bits per heavy atom. The van der Waals surface area contributed by atoms with E-state index < -0.39 is 11.9 Å². The van der Waals surface area contributed by atoms with Crippen LogP contribution in [0, 0.1) is 19.8 Å². The van der Waals surface area contributed by atoms with Gasteiger partial charge >= 0.3 is 5.97 Å². The van der Waals surface area contributed by atoms with E-state index in [-0.39, 0.29) is 11.9 Å². The van der Waals surface area contributed by atoms with Crippen molar-refractivity contribution in [1.29, 1.82) is 0 Å². The molecule has 0 unspecified atom stereocenters. The number of H-pyrrole nitrogens is 1. The van der Waals surface area contributed by atoms with Crippen molar-refractivity contribution in [2.24, 2.45) is 5.92 Å². The van der Waals surface area contributed by atoms with Crippen LogP contribution in [0.4, 0.5) is 0 Å². The third-order valence-corrected chi connectivity index (χ3v) is 5.03. The SMILES string of the molecule is Cc1ccc(-c2cc(C(=O)N3CCC[C@@H](C(=O)O)[C@H]3C)[nH]n2)c(C)c1. The first-order valence-corrected chi connectivity index (χ1v) is 8.55. The van der Waals surface area contributed by atoms with Gasteiger partial charge in [0.15, 0.2) is 0 Å². The molecule has 1 fully saturated rings. The number of amides is 1. The highest BCUT2D eigenvalue weighted by molar-refractivity contribution is 5.94. The quantitative estimate of drug-likeness (QED) is 0.898. The maximum Gasteiger partial charge on any atom is 0.308 e. The summed E-state index contributed by atoms with van der Waals surface area (Å²) in [6, 6.07) is 7.51. The van der Waals surface area contributed by atoms with Gasteiger partial charge < -0.3 is 10.0 Å². The Bertz CT molecular complexity index is 812. The summed E-state index contributed by atoms with van der Waals surface area (Å²) in [7, 11) is 0. The molecule has 25 heavy (non-hydrogen) atoms. The number of carbonyl (C=O) groups excluding carboxylic acids is 1. The van der Waals surface area contributed by atoms with Crippen molar-refractivity contribution >= 4 is 11.9 Å². The lowest BCUT2D eigenvalue weighted by atomic mass is 9.90. The number of aromatic nitrogens is 2. The number of carbonyl (C=O) groups is 2. The molecule has 1 aliphatic rings. The van der Waals surface area contributed by atoms with Gasteiger partial charge in [0.1, 0.15) is 5.69 Å². The van der Waals surface area contributed by atoms with E-state index in [0.717, 1.165) is 16.8 Å². The van der Waals surface area contributed by atoms with Gasteiger partial charge in [-0.25, -0.2) is 0 Å². The number of carboxylic acid groups (broad SMARTS) is 1. The van der Waals surface area contributed by atoms with E-state index in [4.69, 9.17) is 0 Å². The molecular weight excluding hydrogens is 318 g/mol. The van der Waals surface area contributed by atoms with Crippen molar-refractivity contribution in [2.45, 2.75) is 39.7 Å². The minimum absolute atomic E-state index is 0.193. The predicted octanol–water partition coefficient (Wildman–Crippen LogP) is 3.02. The van der Waals surface area contributed by atoms with Crippen molar-refractivity contribution in [3.05, 3.63) is 41.1 Å². The first-order valence-electron chi connectivity index (χ1n) is 8.55. The molecule has 6 heteroatoms. The highest BCUT2D eigenvalue weighted by Gasteiger charge is 2.36. The zero-order chi connectivity index (χ0) is 18.1. The summed E-state index contributed by atoms with van der Waals surface area (Å²) in [5.74, 6) is -1.55. The van der Waals surface area contributed by atoms with E-state index in [1.165, 1.54) is 5.56 Å². The third kappa shape index (κ3) is 3.29. The Kier molecular flexibility index (Phi) is 4.61. The van der Waals surface area contributed by atoms with Crippen LogP contribution in [0.1, 0.15) is 41.4 Å². The van der Waals surface area contributed by atoms with Crippen molar-refractivity contribution in [2.75, 3.05) is 6.54 Å². The molecule has 2 aromatic rings. The second-order valence-corrected chi connectivity index (χ2v) is 6.81. The van der Waals surface area contributed by atoms with E-state index in [2.05, 4.69) is 16.3 Å². The Hall–Kier alpha value is -2.63. The maximum atomic E-state index is 12.8. The van der Waals surface area contributed by atoms with Gasteiger partial charge in [0.25, 0.3) is 5.91 Å². The molecule has 2 N–H and O–H groups in total. The third-order valence-electron chi connectivity index (χ3n) is 5.03. The normalized spacial score (nSPS) is 20.5. The van der Waals surface area contributed by atoms with Crippen LogP contribution < -0.4 is 0 Å². The number of nitrogens with zero attached hydrogens (tertiary/aromatic N) is 2. The molecule has 0 spiro atoms. The largest absolute Gasteiger partial charge is 0.481 e. The van der Waals surface area contributed by atoms with Gasteiger partial charge in [0.05, 0.1) is 11.6 Å². The number of nitrogens with one attached hydrogen (secondary N) is 1. The molecule has 1 saturated heterocycles. The molecule has 0 radical (unpaired) electrons. The molecule has 0 saturated carbocycles. The number of piperidine rings is 1. The lowest BCUT2D eigenvalue weighted by molar-refractivity contribution is -0.144. The smallest absolute Gasteiger partial charge is 0.308 e. The molecule has 3 rings (SSSR count). The van der Waals surface area contributed by atoms with Gasteiger partial charge in [-0.15, -0.1) is 0 Å². The fraction of sp³-hybridized carbons (Fsp3) is 0.421. The standard InChI is InChI=1S/C19H23N3O3/c1-11-6-7-14(12(2)9-11)16-10-17(21-20-16)18(23)22-8-4-5-15(13(22)3)19(24)25/h6-7,9-10,13,15H,4-5,8H2,1-3H3,(H,20,21)(H,24,25)/t13-,15-/m1/s1. The predicted molar refractivity (Wildman–Crippen MR) is 94.4 cm³/mol. The summed E-state index contributed by atoms with van der Waals surface area (Å²) in [5.41, 5.74) is 4.38. The van der Waals surface area contributed by atoms with E-state index in [1.807, 2.05) is 26.0 Å². The van der Waals surface area contributed by atoms with Crippen LogP contribution in [-0.2, 0) is 4.79 Å². The van der Waals surface area contributed by atoms with E-state index >= 15 is 0 Å². The van der Waals surface area contributed by atoms with E-state index in [0.29, 0.717) is 25.1 Å². The van der Waals surface area contributed by atoms with Gasteiger partial charge in [-0.05, 0) is 45.2 Å². The number of hydrogen-bond acceptors (Lipinski definition) is 3. The summed E-state index contributed by atoms with van der Waals surface area (Å²) < 4.78 is 0.